The molecule has 1 amide bonds. The fourth-order valence-corrected chi connectivity index (χ4v) is 6.18. The zero-order valence-electron chi connectivity index (χ0n) is 29.8. The zero-order chi connectivity index (χ0) is 34.0. The molecular formula is C37H73N2O6P. The number of nitrogens with one attached hydrogen (secondary N) is 1. The molecular weight excluding hydrogens is 599 g/mol. The Morgan fingerprint density at radius 1 is 0.717 bits per heavy atom. The second-order valence-electron chi connectivity index (χ2n) is 12.8. The first-order valence-corrected chi connectivity index (χ1v) is 20.5. The second-order valence-corrected chi connectivity index (χ2v) is 14.3. The molecule has 5 N–H and O–H groups in total. The van der Waals surface area contributed by atoms with Crippen molar-refractivity contribution in [2.45, 2.75) is 187 Å². The molecule has 0 aromatic heterocycles. The number of carbonyl (C=O) groups is 1. The Bertz CT molecular complexity index is 779. The van der Waals surface area contributed by atoms with E-state index in [0.29, 0.717) is 6.42 Å². The Hall–Kier alpha value is -1.02. The molecule has 0 heterocycles. The maximum atomic E-state index is 12.7. The summed E-state index contributed by atoms with van der Waals surface area (Å²) in [6.07, 6.45) is 36.7. The van der Waals surface area contributed by atoms with Crippen LogP contribution in [0.4, 0.5) is 0 Å². The number of rotatable bonds is 35. The molecule has 0 rings (SSSR count). The summed E-state index contributed by atoms with van der Waals surface area (Å²) in [6.45, 7) is 4.05. The van der Waals surface area contributed by atoms with Gasteiger partial charge in [0.05, 0.1) is 25.4 Å². The lowest BCUT2D eigenvalue weighted by molar-refractivity contribution is -0.123. The van der Waals surface area contributed by atoms with Crippen molar-refractivity contribution in [1.82, 2.24) is 5.32 Å². The Kier molecular flexibility index (Phi) is 33.1. The standard InChI is InChI=1S/C37H73N2O6P/c1-3-5-7-9-11-13-14-15-16-17-18-19-20-21-23-25-27-29-31-37(41)39-35(34-45-46(42,43)44-33-32-38)36(40)30-28-26-24-22-12-10-8-6-4-2/h24,26,28,30,35-36,40H,3-23,25,27,29,31-34,38H2,1-2H3,(H,39,41)(H,42,43)/b26-24+,30-28+/t35-,36+/m0/s1. The highest BCUT2D eigenvalue weighted by atomic mass is 31.2. The third-order valence-corrected chi connectivity index (χ3v) is 9.32. The number of allylic oxidation sites excluding steroid dienone is 3. The lowest BCUT2D eigenvalue weighted by Gasteiger charge is -2.23. The van der Waals surface area contributed by atoms with E-state index in [-0.39, 0.29) is 25.7 Å². The molecule has 46 heavy (non-hydrogen) atoms. The van der Waals surface area contributed by atoms with Crippen LogP contribution in [-0.2, 0) is 18.4 Å². The summed E-state index contributed by atoms with van der Waals surface area (Å²) in [7, 11) is -4.34. The molecule has 0 aliphatic heterocycles. The lowest BCUT2D eigenvalue weighted by Crippen LogP contribution is -2.45. The first kappa shape index (κ1) is 45.0. The number of hydrogen-bond acceptors (Lipinski definition) is 6. The molecule has 0 aromatic carbocycles. The van der Waals surface area contributed by atoms with Crippen LogP contribution in [0, 0.1) is 0 Å². The van der Waals surface area contributed by atoms with Crippen LogP contribution in [0.25, 0.3) is 0 Å². The van der Waals surface area contributed by atoms with Gasteiger partial charge in [0, 0.05) is 13.0 Å². The molecule has 3 atom stereocenters. The lowest BCUT2D eigenvalue weighted by atomic mass is 10.0. The van der Waals surface area contributed by atoms with E-state index in [2.05, 4.69) is 25.2 Å². The molecule has 0 bridgehead atoms. The van der Waals surface area contributed by atoms with Crippen molar-refractivity contribution in [3.05, 3.63) is 24.3 Å². The number of aliphatic hydroxyl groups excluding tert-OH is 1. The summed E-state index contributed by atoms with van der Waals surface area (Å²) in [5, 5.41) is 13.5. The van der Waals surface area contributed by atoms with Crippen LogP contribution in [0.1, 0.15) is 174 Å². The van der Waals surface area contributed by atoms with Gasteiger partial charge in [-0.1, -0.05) is 173 Å². The van der Waals surface area contributed by atoms with Crippen molar-refractivity contribution in [2.24, 2.45) is 5.73 Å². The largest absolute Gasteiger partial charge is 0.472 e. The van der Waals surface area contributed by atoms with Gasteiger partial charge in [0.25, 0.3) is 0 Å². The molecule has 9 heteroatoms. The minimum absolute atomic E-state index is 0.0732. The molecule has 0 spiro atoms. The maximum absolute atomic E-state index is 12.7. The van der Waals surface area contributed by atoms with Gasteiger partial charge in [-0.05, 0) is 19.3 Å². The third kappa shape index (κ3) is 31.6. The smallest absolute Gasteiger partial charge is 0.387 e. The summed E-state index contributed by atoms with van der Waals surface area (Å²) in [5.41, 5.74) is 5.34. The molecule has 0 aliphatic carbocycles. The van der Waals surface area contributed by atoms with Crippen LogP contribution in [0.2, 0.25) is 0 Å². The van der Waals surface area contributed by atoms with Crippen LogP contribution in [-0.4, -0.2) is 47.8 Å². The van der Waals surface area contributed by atoms with Gasteiger partial charge in [-0.3, -0.25) is 13.8 Å². The number of phosphoric acid groups is 1. The minimum Gasteiger partial charge on any atom is -0.387 e. The van der Waals surface area contributed by atoms with Gasteiger partial charge in [-0.15, -0.1) is 0 Å². The Morgan fingerprint density at radius 3 is 1.65 bits per heavy atom. The average molecular weight is 673 g/mol. The average Bonchev–Trinajstić information content (AvgIpc) is 3.04. The molecule has 0 aliphatic rings. The van der Waals surface area contributed by atoms with Crippen molar-refractivity contribution in [3.63, 3.8) is 0 Å². The summed E-state index contributed by atoms with van der Waals surface area (Å²) >= 11 is 0. The summed E-state index contributed by atoms with van der Waals surface area (Å²) in [4.78, 5) is 22.5. The van der Waals surface area contributed by atoms with Gasteiger partial charge < -0.3 is 21.1 Å². The Morgan fingerprint density at radius 2 is 1.17 bits per heavy atom. The number of phosphoric ester groups is 1. The van der Waals surface area contributed by atoms with Gasteiger partial charge in [0.15, 0.2) is 0 Å². The predicted molar refractivity (Wildman–Crippen MR) is 194 cm³/mol. The number of hydrogen-bond donors (Lipinski definition) is 4. The van der Waals surface area contributed by atoms with Gasteiger partial charge in [0.2, 0.25) is 5.91 Å². The van der Waals surface area contributed by atoms with Crippen molar-refractivity contribution in [3.8, 4) is 0 Å². The van der Waals surface area contributed by atoms with E-state index in [4.69, 9.17) is 14.8 Å². The van der Waals surface area contributed by atoms with E-state index in [1.165, 1.54) is 122 Å². The number of nitrogens with two attached hydrogens (primary N) is 1. The maximum Gasteiger partial charge on any atom is 0.472 e. The van der Waals surface area contributed by atoms with Gasteiger partial charge >= 0.3 is 7.82 Å². The monoisotopic (exact) mass is 673 g/mol. The van der Waals surface area contributed by atoms with Crippen molar-refractivity contribution >= 4 is 13.7 Å². The van der Waals surface area contributed by atoms with Gasteiger partial charge in [-0.2, -0.15) is 0 Å². The van der Waals surface area contributed by atoms with Crippen molar-refractivity contribution in [2.75, 3.05) is 19.8 Å². The Labute approximate surface area is 283 Å². The predicted octanol–water partition coefficient (Wildman–Crippen LogP) is 9.83. The number of carbonyl (C=O) groups excluding carboxylic acids is 1. The normalized spacial score (nSPS) is 14.6. The second kappa shape index (κ2) is 33.9. The first-order valence-electron chi connectivity index (χ1n) is 19.0. The molecule has 0 aromatic rings. The summed E-state index contributed by atoms with van der Waals surface area (Å²) in [6, 6.07) is -0.885. The topological polar surface area (TPSA) is 131 Å². The Balaban J connectivity index is 4.20. The molecule has 8 nitrogen and oxygen atoms in total. The van der Waals surface area contributed by atoms with E-state index >= 15 is 0 Å². The van der Waals surface area contributed by atoms with Crippen molar-refractivity contribution < 1.29 is 28.4 Å². The van der Waals surface area contributed by atoms with E-state index in [1.54, 1.807) is 12.2 Å². The minimum atomic E-state index is -4.34. The van der Waals surface area contributed by atoms with Crippen LogP contribution >= 0.6 is 7.82 Å². The zero-order valence-corrected chi connectivity index (χ0v) is 30.7. The van der Waals surface area contributed by atoms with E-state index < -0.39 is 20.0 Å². The number of amides is 1. The van der Waals surface area contributed by atoms with Gasteiger partial charge in [-0.25, -0.2) is 4.57 Å². The van der Waals surface area contributed by atoms with Crippen LogP contribution in [0.3, 0.4) is 0 Å². The fourth-order valence-electron chi connectivity index (χ4n) is 5.42. The quantitative estimate of drug-likeness (QED) is 0.0299. The van der Waals surface area contributed by atoms with Crippen LogP contribution in [0.5, 0.6) is 0 Å². The summed E-state index contributed by atoms with van der Waals surface area (Å²) < 4.78 is 21.9. The highest BCUT2D eigenvalue weighted by Crippen LogP contribution is 2.43. The number of unbranched alkanes of at least 4 members (excludes halogenated alkanes) is 22. The third-order valence-electron chi connectivity index (χ3n) is 8.34. The van der Waals surface area contributed by atoms with Crippen LogP contribution in [0.15, 0.2) is 24.3 Å². The SMILES string of the molecule is CCCCCCC/C=C/C=C/[C@@H](O)[C@H](COP(=O)(O)OCCN)NC(=O)CCCCCCCCCCCCCCCCCCCC. The summed E-state index contributed by atoms with van der Waals surface area (Å²) in [5.74, 6) is -0.212. The van der Waals surface area contributed by atoms with Gasteiger partial charge in [0.1, 0.15) is 0 Å². The fraction of sp³-hybridized carbons (Fsp3) is 0.865. The molecule has 0 saturated carbocycles. The molecule has 0 saturated heterocycles. The van der Waals surface area contributed by atoms with E-state index in [1.807, 2.05) is 6.08 Å². The molecule has 1 unspecified atom stereocenters. The first-order chi connectivity index (χ1) is 22.4. The van der Waals surface area contributed by atoms with E-state index in [9.17, 15) is 19.4 Å². The molecule has 272 valence electrons. The van der Waals surface area contributed by atoms with Crippen LogP contribution < -0.4 is 11.1 Å². The highest BCUT2D eigenvalue weighted by Gasteiger charge is 2.26. The molecule has 0 radical (unpaired) electrons. The van der Waals surface area contributed by atoms with Crippen molar-refractivity contribution in [1.29, 1.82) is 0 Å². The molecule has 0 fully saturated rings. The highest BCUT2D eigenvalue weighted by molar-refractivity contribution is 7.47. The van der Waals surface area contributed by atoms with E-state index in [0.717, 1.165) is 32.1 Å². The number of aliphatic hydroxyl groups is 1.